The smallest absolute Gasteiger partial charge is 0.418 e. The van der Waals surface area contributed by atoms with Crippen LogP contribution in [0.1, 0.15) is 16.1 Å². The molecule has 0 saturated heterocycles. The Morgan fingerprint density at radius 1 is 1.22 bits per heavy atom. The normalized spacial score (nSPS) is 11.1. The van der Waals surface area contributed by atoms with Crippen molar-refractivity contribution in [2.24, 2.45) is 0 Å². The molecule has 0 unspecified atom stereocenters. The summed E-state index contributed by atoms with van der Waals surface area (Å²) in [7, 11) is 0. The van der Waals surface area contributed by atoms with Gasteiger partial charge in [0, 0.05) is 5.02 Å². The average molecular weight is 347 g/mol. The molecule has 1 aromatic heterocycles. The van der Waals surface area contributed by atoms with Crippen molar-refractivity contribution >= 4 is 29.1 Å². The lowest BCUT2D eigenvalue weighted by Gasteiger charge is -2.14. The van der Waals surface area contributed by atoms with Crippen LogP contribution in [0, 0.1) is 0 Å². The van der Waals surface area contributed by atoms with Crippen molar-refractivity contribution in [3.63, 3.8) is 0 Å². The number of benzene rings is 1. The molecule has 0 saturated carbocycles. The lowest BCUT2D eigenvalue weighted by molar-refractivity contribution is -0.137. The molecule has 0 radical (unpaired) electrons. The molecule has 2 aromatic rings. The number of hydrogen-bond acceptors (Lipinski definition) is 3. The first-order valence-corrected chi connectivity index (χ1v) is 6.63. The van der Waals surface area contributed by atoms with E-state index in [-0.39, 0.29) is 10.8 Å². The fourth-order valence-electron chi connectivity index (χ4n) is 1.71. The molecule has 122 valence electrons. The molecule has 23 heavy (non-hydrogen) atoms. The second-order valence-corrected chi connectivity index (χ2v) is 4.83. The van der Waals surface area contributed by atoms with Gasteiger partial charge in [0.2, 0.25) is 5.91 Å². The number of rotatable bonds is 4. The molecule has 9 heteroatoms. The van der Waals surface area contributed by atoms with E-state index in [0.29, 0.717) is 6.07 Å². The molecule has 0 aliphatic heterocycles. The topological polar surface area (TPSA) is 71.3 Å². The zero-order valence-electron chi connectivity index (χ0n) is 11.4. The minimum absolute atomic E-state index is 0.0136. The van der Waals surface area contributed by atoms with Crippen LogP contribution >= 0.6 is 11.6 Å². The number of nitrogens with one attached hydrogen (secondary N) is 2. The van der Waals surface area contributed by atoms with Crippen molar-refractivity contribution in [3.05, 3.63) is 52.9 Å². The Morgan fingerprint density at radius 3 is 2.57 bits per heavy atom. The summed E-state index contributed by atoms with van der Waals surface area (Å²) >= 11 is 5.54. The summed E-state index contributed by atoms with van der Waals surface area (Å²) in [6.07, 6.45) is -3.40. The zero-order valence-corrected chi connectivity index (χ0v) is 12.2. The van der Waals surface area contributed by atoms with Gasteiger partial charge in [0.1, 0.15) is 0 Å². The second kappa shape index (κ2) is 6.74. The minimum Gasteiger partial charge on any atom is -0.459 e. The molecule has 2 rings (SSSR count). The summed E-state index contributed by atoms with van der Waals surface area (Å²) in [5.41, 5.74) is -1.52. The highest BCUT2D eigenvalue weighted by atomic mass is 35.5. The SMILES string of the molecule is O=C(CNC(=O)c1ccco1)Nc1ccc(Cl)cc1C(F)(F)F. The van der Waals surface area contributed by atoms with Crippen LogP contribution in [-0.2, 0) is 11.0 Å². The number of carbonyl (C=O) groups excluding carboxylic acids is 2. The molecule has 0 aliphatic carbocycles. The fraction of sp³-hybridized carbons (Fsp3) is 0.143. The zero-order chi connectivity index (χ0) is 17.0. The number of halogens is 4. The van der Waals surface area contributed by atoms with Crippen LogP contribution in [-0.4, -0.2) is 18.4 Å². The highest BCUT2D eigenvalue weighted by Gasteiger charge is 2.34. The Balaban J connectivity index is 2.02. The van der Waals surface area contributed by atoms with Gasteiger partial charge in [0.15, 0.2) is 5.76 Å². The Kier molecular flexibility index (Phi) is 4.95. The summed E-state index contributed by atoms with van der Waals surface area (Å²) in [5, 5.41) is 4.19. The maximum Gasteiger partial charge on any atom is 0.418 e. The van der Waals surface area contributed by atoms with Crippen LogP contribution < -0.4 is 10.6 Å². The van der Waals surface area contributed by atoms with Crippen molar-refractivity contribution in [3.8, 4) is 0 Å². The molecule has 2 N–H and O–H groups in total. The van der Waals surface area contributed by atoms with Gasteiger partial charge in [0.05, 0.1) is 24.1 Å². The monoisotopic (exact) mass is 346 g/mol. The summed E-state index contributed by atoms with van der Waals surface area (Å²) in [4.78, 5) is 23.2. The van der Waals surface area contributed by atoms with Gasteiger partial charge in [-0.3, -0.25) is 9.59 Å². The van der Waals surface area contributed by atoms with E-state index >= 15 is 0 Å². The second-order valence-electron chi connectivity index (χ2n) is 4.40. The number of alkyl halides is 3. The van der Waals surface area contributed by atoms with Crippen LogP contribution in [0.15, 0.2) is 41.0 Å². The van der Waals surface area contributed by atoms with Gasteiger partial charge in [0.25, 0.3) is 5.91 Å². The Labute approximate surface area is 133 Å². The van der Waals surface area contributed by atoms with E-state index in [4.69, 9.17) is 16.0 Å². The van der Waals surface area contributed by atoms with Crippen LogP contribution in [0.2, 0.25) is 5.02 Å². The van der Waals surface area contributed by atoms with Crippen LogP contribution in [0.4, 0.5) is 18.9 Å². The molecule has 5 nitrogen and oxygen atoms in total. The fourth-order valence-corrected chi connectivity index (χ4v) is 1.88. The molecule has 0 bridgehead atoms. The first-order chi connectivity index (χ1) is 10.8. The van der Waals surface area contributed by atoms with Gasteiger partial charge >= 0.3 is 6.18 Å². The van der Waals surface area contributed by atoms with E-state index in [9.17, 15) is 22.8 Å². The predicted molar refractivity (Wildman–Crippen MR) is 76.1 cm³/mol. The van der Waals surface area contributed by atoms with Crippen molar-refractivity contribution in [2.45, 2.75) is 6.18 Å². The van der Waals surface area contributed by atoms with Gasteiger partial charge in [-0.2, -0.15) is 13.2 Å². The molecular weight excluding hydrogens is 337 g/mol. The number of hydrogen-bond donors (Lipinski definition) is 2. The number of anilines is 1. The molecule has 0 spiro atoms. The van der Waals surface area contributed by atoms with E-state index in [0.717, 1.165) is 6.07 Å². The van der Waals surface area contributed by atoms with Crippen LogP contribution in [0.3, 0.4) is 0 Å². The standard InChI is InChI=1S/C14H10ClF3N2O3/c15-8-3-4-10(9(6-8)14(16,17)18)20-12(21)7-19-13(22)11-2-1-5-23-11/h1-6H,7H2,(H,19,22)(H,20,21). The van der Waals surface area contributed by atoms with Crippen LogP contribution in [0.5, 0.6) is 0 Å². The highest BCUT2D eigenvalue weighted by Crippen LogP contribution is 2.36. The predicted octanol–water partition coefficient (Wildman–Crippen LogP) is 3.32. The molecular formula is C14H10ClF3N2O3. The lowest BCUT2D eigenvalue weighted by atomic mass is 10.1. The van der Waals surface area contributed by atoms with Gasteiger partial charge in [-0.1, -0.05) is 11.6 Å². The average Bonchev–Trinajstić information content (AvgIpc) is 3.00. The van der Waals surface area contributed by atoms with Gasteiger partial charge < -0.3 is 15.1 Å². The first kappa shape index (κ1) is 16.9. The Bertz CT molecular complexity index is 715. The minimum atomic E-state index is -4.68. The van der Waals surface area contributed by atoms with Crippen molar-refractivity contribution in [1.82, 2.24) is 5.32 Å². The Hall–Kier alpha value is -2.48. The van der Waals surface area contributed by atoms with Crippen LogP contribution in [0.25, 0.3) is 0 Å². The molecule has 1 aromatic carbocycles. The first-order valence-electron chi connectivity index (χ1n) is 6.25. The van der Waals surface area contributed by atoms with E-state index < -0.39 is 35.8 Å². The number of furan rings is 1. The summed E-state index contributed by atoms with van der Waals surface area (Å²) in [6.45, 7) is -0.514. The van der Waals surface area contributed by atoms with E-state index in [1.54, 1.807) is 0 Å². The summed E-state index contributed by atoms with van der Waals surface area (Å²) in [5.74, 6) is -1.49. The van der Waals surface area contributed by atoms with Gasteiger partial charge in [-0.05, 0) is 30.3 Å². The maximum atomic E-state index is 12.9. The van der Waals surface area contributed by atoms with E-state index in [1.807, 2.05) is 0 Å². The van der Waals surface area contributed by atoms with Crippen molar-refractivity contribution in [1.29, 1.82) is 0 Å². The molecule has 2 amide bonds. The largest absolute Gasteiger partial charge is 0.459 e. The van der Waals surface area contributed by atoms with Crippen molar-refractivity contribution in [2.75, 3.05) is 11.9 Å². The third kappa shape index (κ3) is 4.49. The lowest BCUT2D eigenvalue weighted by Crippen LogP contribution is -2.33. The van der Waals surface area contributed by atoms with E-state index in [2.05, 4.69) is 10.6 Å². The molecule has 1 heterocycles. The third-order valence-corrected chi connectivity index (χ3v) is 2.95. The quantitative estimate of drug-likeness (QED) is 0.892. The summed E-state index contributed by atoms with van der Waals surface area (Å²) < 4.78 is 43.5. The molecule has 0 aliphatic rings. The Morgan fingerprint density at radius 2 is 1.96 bits per heavy atom. The number of carbonyl (C=O) groups is 2. The van der Waals surface area contributed by atoms with E-state index in [1.165, 1.54) is 24.5 Å². The van der Waals surface area contributed by atoms with Crippen molar-refractivity contribution < 1.29 is 27.2 Å². The maximum absolute atomic E-state index is 12.9. The van der Waals surface area contributed by atoms with Gasteiger partial charge in [-0.15, -0.1) is 0 Å². The highest BCUT2D eigenvalue weighted by molar-refractivity contribution is 6.30. The molecule has 0 atom stereocenters. The number of amides is 2. The molecule has 0 fully saturated rings. The third-order valence-electron chi connectivity index (χ3n) is 2.72. The van der Waals surface area contributed by atoms with Gasteiger partial charge in [-0.25, -0.2) is 0 Å². The summed E-state index contributed by atoms with van der Waals surface area (Å²) in [6, 6.07) is 5.83.